The van der Waals surface area contributed by atoms with Crippen LogP contribution in [0.2, 0.25) is 0 Å². The number of phenols is 4. The Morgan fingerprint density at radius 2 is 0.661 bits per heavy atom. The maximum Gasteiger partial charge on any atom is 0.218 e. The zero-order chi connectivity index (χ0) is 44.2. The fourth-order valence-electron chi connectivity index (χ4n) is 7.23. The number of hydrogen-bond donors (Lipinski definition) is 14. The van der Waals surface area contributed by atoms with E-state index >= 15 is 0 Å². The summed E-state index contributed by atoms with van der Waals surface area (Å²) in [4.78, 5) is 11.2. The van der Waals surface area contributed by atoms with E-state index in [0.29, 0.717) is 19.6 Å². The molecule has 0 spiro atoms. The van der Waals surface area contributed by atoms with Gasteiger partial charge in [0.05, 0.1) is 0 Å². The van der Waals surface area contributed by atoms with Crippen LogP contribution in [-0.2, 0) is 30.5 Å². The number of hydrogen-bond acceptors (Lipinski definition) is 14. The summed E-state index contributed by atoms with van der Waals surface area (Å²) in [6.07, 6.45) is 3.48. The van der Waals surface area contributed by atoms with Crippen LogP contribution < -0.4 is 54.0 Å². The van der Waals surface area contributed by atoms with Gasteiger partial charge in [0.1, 0.15) is 23.0 Å². The van der Waals surface area contributed by atoms with Crippen LogP contribution >= 0.6 is 0 Å². The van der Waals surface area contributed by atoms with Gasteiger partial charge in [-0.15, -0.1) is 0 Å². The molecule has 0 fully saturated rings. The Morgan fingerprint density at radius 3 is 0.919 bits per heavy atom. The monoisotopic (exact) mass is 857 g/mol. The number of benzene rings is 4. The molecule has 4 aromatic carbocycles. The minimum Gasteiger partial charge on any atom is -0.508 e. The number of amides is 1. The van der Waals surface area contributed by atoms with Gasteiger partial charge >= 0.3 is 0 Å². The molecule has 0 heterocycles. The molecule has 4 unspecified atom stereocenters. The van der Waals surface area contributed by atoms with Crippen LogP contribution in [-0.4, -0.2) is 136 Å². The summed E-state index contributed by atoms with van der Waals surface area (Å²) >= 11 is 0. The first kappa shape index (κ1) is 49.8. The Kier molecular flexibility index (Phi) is 23.7. The van der Waals surface area contributed by atoms with Crippen LogP contribution in [0, 0.1) is 0 Å². The standard InChI is InChI=1S/C47H72N10O5/c48-18-20-54-39(27-35-1-9-43(58)10-2-35)32-51-21-25-56-41(29-37-5-13-45(60)14-6-37)34-53-23-26-57-42(30-38-7-15-46(61)16-8-38)33-52-22-24-55-40(31-50-19-17-47(49)62)28-36-3-11-44(59)12-4-36/h1-16,39-42,50-61H,17-34,48H2,(H2,49,62). The van der Waals surface area contributed by atoms with Crippen molar-refractivity contribution in [2.45, 2.75) is 56.3 Å². The number of nitrogens with one attached hydrogen (secondary N) is 8. The molecule has 0 saturated carbocycles. The highest BCUT2D eigenvalue weighted by molar-refractivity contribution is 5.73. The predicted octanol–water partition coefficient (Wildman–Crippen LogP) is 0.805. The molecule has 340 valence electrons. The molecule has 0 aliphatic carbocycles. The Morgan fingerprint density at radius 1 is 0.403 bits per heavy atom. The van der Waals surface area contributed by atoms with E-state index in [1.807, 2.05) is 48.5 Å². The first-order valence-electron chi connectivity index (χ1n) is 22.0. The van der Waals surface area contributed by atoms with Crippen molar-refractivity contribution in [3.8, 4) is 23.0 Å². The highest BCUT2D eigenvalue weighted by atomic mass is 16.3. The summed E-state index contributed by atoms with van der Waals surface area (Å²) in [6, 6.07) is 30.0. The molecule has 15 nitrogen and oxygen atoms in total. The molecule has 4 atom stereocenters. The second kappa shape index (κ2) is 29.5. The van der Waals surface area contributed by atoms with Crippen molar-refractivity contribution in [2.24, 2.45) is 11.5 Å². The highest BCUT2D eigenvalue weighted by Gasteiger charge is 2.14. The number of nitrogens with two attached hydrogens (primary N) is 2. The van der Waals surface area contributed by atoms with Crippen molar-refractivity contribution >= 4 is 5.91 Å². The maximum atomic E-state index is 11.2. The highest BCUT2D eigenvalue weighted by Crippen LogP contribution is 2.14. The van der Waals surface area contributed by atoms with E-state index in [9.17, 15) is 25.2 Å². The van der Waals surface area contributed by atoms with Gasteiger partial charge in [-0.25, -0.2) is 0 Å². The fourth-order valence-corrected chi connectivity index (χ4v) is 7.23. The van der Waals surface area contributed by atoms with Gasteiger partial charge in [-0.1, -0.05) is 48.5 Å². The summed E-state index contributed by atoms with van der Waals surface area (Å²) in [6.45, 7) is 9.38. The molecular formula is C47H72N10O5. The van der Waals surface area contributed by atoms with Crippen LogP contribution in [0.25, 0.3) is 0 Å². The van der Waals surface area contributed by atoms with Crippen molar-refractivity contribution in [3.05, 3.63) is 119 Å². The zero-order valence-corrected chi connectivity index (χ0v) is 36.1. The van der Waals surface area contributed by atoms with Crippen molar-refractivity contribution in [3.63, 3.8) is 0 Å². The number of aromatic hydroxyl groups is 4. The molecule has 4 rings (SSSR count). The summed E-state index contributed by atoms with van der Waals surface area (Å²) in [5.41, 5.74) is 15.6. The van der Waals surface area contributed by atoms with E-state index in [2.05, 4.69) is 42.5 Å². The predicted molar refractivity (Wildman–Crippen MR) is 249 cm³/mol. The van der Waals surface area contributed by atoms with Gasteiger partial charge < -0.3 is 74.4 Å². The Balaban J connectivity index is 1.23. The van der Waals surface area contributed by atoms with Crippen LogP contribution in [0.3, 0.4) is 0 Å². The second-order valence-corrected chi connectivity index (χ2v) is 15.9. The van der Waals surface area contributed by atoms with Crippen LogP contribution in [0.1, 0.15) is 28.7 Å². The quantitative estimate of drug-likeness (QED) is 0.0291. The molecule has 0 saturated heterocycles. The van der Waals surface area contributed by atoms with Crippen LogP contribution in [0.5, 0.6) is 23.0 Å². The summed E-state index contributed by atoms with van der Waals surface area (Å²) < 4.78 is 0. The molecule has 1 amide bonds. The van der Waals surface area contributed by atoms with Gasteiger partial charge in [0.15, 0.2) is 0 Å². The lowest BCUT2D eigenvalue weighted by atomic mass is 10.0. The molecule has 16 N–H and O–H groups in total. The van der Waals surface area contributed by atoms with Crippen molar-refractivity contribution in [1.29, 1.82) is 0 Å². The SMILES string of the molecule is NCCNC(CNCCNC(CNCCNC(CNCCNC(CNCCC(N)=O)Cc1ccc(O)cc1)Cc1ccc(O)cc1)Cc1ccc(O)cc1)Cc1ccc(O)cc1. The number of primary amides is 1. The van der Waals surface area contributed by atoms with Gasteiger partial charge in [-0.2, -0.15) is 0 Å². The van der Waals surface area contributed by atoms with Gasteiger partial charge in [-0.3, -0.25) is 4.79 Å². The number of rotatable bonds is 34. The maximum absolute atomic E-state index is 11.2. The van der Waals surface area contributed by atoms with E-state index in [4.69, 9.17) is 11.5 Å². The van der Waals surface area contributed by atoms with E-state index in [1.165, 1.54) is 0 Å². The van der Waals surface area contributed by atoms with E-state index in [-0.39, 0.29) is 59.5 Å². The van der Waals surface area contributed by atoms with Gasteiger partial charge in [-0.05, 0) is 96.5 Å². The first-order valence-corrected chi connectivity index (χ1v) is 22.0. The van der Waals surface area contributed by atoms with Crippen LogP contribution in [0.15, 0.2) is 97.1 Å². The Hall–Kier alpha value is -4.81. The molecular weight excluding hydrogens is 785 g/mol. The zero-order valence-electron chi connectivity index (χ0n) is 36.1. The lowest BCUT2D eigenvalue weighted by molar-refractivity contribution is -0.117. The number of carbonyl (C=O) groups is 1. The fraction of sp³-hybridized carbons (Fsp3) is 0.468. The molecule has 0 aliphatic rings. The largest absolute Gasteiger partial charge is 0.508 e. The molecule has 0 aromatic heterocycles. The summed E-state index contributed by atoms with van der Waals surface area (Å²) in [7, 11) is 0. The minimum atomic E-state index is -0.330. The number of carbonyl (C=O) groups excluding carboxylic acids is 1. The lowest BCUT2D eigenvalue weighted by Crippen LogP contribution is -2.48. The molecule has 0 radical (unpaired) electrons. The number of phenolic OH excluding ortho intramolecular Hbond substituents is 4. The van der Waals surface area contributed by atoms with E-state index < -0.39 is 0 Å². The van der Waals surface area contributed by atoms with E-state index in [0.717, 1.165) is 113 Å². The first-order chi connectivity index (χ1) is 30.1. The van der Waals surface area contributed by atoms with Crippen molar-refractivity contribution in [2.75, 3.05) is 85.1 Å². The van der Waals surface area contributed by atoms with Gasteiger partial charge in [0.25, 0.3) is 0 Å². The van der Waals surface area contributed by atoms with Crippen LogP contribution in [0.4, 0.5) is 0 Å². The average Bonchev–Trinajstić information content (AvgIpc) is 3.26. The average molecular weight is 857 g/mol. The van der Waals surface area contributed by atoms with Crippen molar-refractivity contribution in [1.82, 2.24) is 42.5 Å². The molecule has 4 aromatic rings. The van der Waals surface area contributed by atoms with Gasteiger partial charge in [0, 0.05) is 116 Å². The smallest absolute Gasteiger partial charge is 0.218 e. The minimum absolute atomic E-state index is 0.119. The van der Waals surface area contributed by atoms with Gasteiger partial charge in [0.2, 0.25) is 5.91 Å². The Bertz CT molecular complexity index is 1770. The second-order valence-electron chi connectivity index (χ2n) is 15.9. The molecule has 62 heavy (non-hydrogen) atoms. The van der Waals surface area contributed by atoms with E-state index in [1.54, 1.807) is 48.5 Å². The molecule has 15 heteroatoms. The lowest BCUT2D eigenvalue weighted by Gasteiger charge is -2.23. The summed E-state index contributed by atoms with van der Waals surface area (Å²) in [5, 5.41) is 67.9. The third kappa shape index (κ3) is 21.8. The van der Waals surface area contributed by atoms with Crippen molar-refractivity contribution < 1.29 is 25.2 Å². The third-order valence-electron chi connectivity index (χ3n) is 10.6. The third-order valence-corrected chi connectivity index (χ3v) is 10.6. The molecule has 0 bridgehead atoms. The molecule has 0 aliphatic heterocycles. The topological polar surface area (TPSA) is 246 Å². The normalized spacial score (nSPS) is 13.4. The summed E-state index contributed by atoms with van der Waals surface area (Å²) in [5.74, 6) is 0.674. The Labute approximate surface area is 367 Å².